The van der Waals surface area contributed by atoms with Gasteiger partial charge < -0.3 is 10.1 Å². The number of benzene rings is 2. The van der Waals surface area contributed by atoms with Crippen LogP contribution in [0, 0.1) is 5.82 Å². The molecule has 0 aromatic heterocycles. The van der Waals surface area contributed by atoms with E-state index in [1.165, 1.54) is 12.1 Å². The Morgan fingerprint density at radius 1 is 1.23 bits per heavy atom. The van der Waals surface area contributed by atoms with Crippen LogP contribution in [-0.2, 0) is 16.9 Å². The van der Waals surface area contributed by atoms with Gasteiger partial charge >= 0.3 is 6.09 Å². The predicted molar refractivity (Wildman–Crippen MR) is 84.8 cm³/mol. The van der Waals surface area contributed by atoms with Crippen molar-refractivity contribution < 1.29 is 13.9 Å². The molecule has 0 unspecified atom stereocenters. The second kappa shape index (κ2) is 6.08. The average molecular weight is 364 g/mol. The molecule has 1 aliphatic rings. The molecule has 0 bridgehead atoms. The maximum absolute atomic E-state index is 13.4. The van der Waals surface area contributed by atoms with Gasteiger partial charge in [0.15, 0.2) is 0 Å². The second-order valence-corrected chi connectivity index (χ2v) is 6.25. The van der Waals surface area contributed by atoms with Crippen molar-refractivity contribution in [3.8, 4) is 0 Å². The normalized spacial score (nSPS) is 15.2. The van der Waals surface area contributed by atoms with Crippen molar-refractivity contribution in [2.75, 3.05) is 0 Å². The highest BCUT2D eigenvalue weighted by atomic mass is 79.9. The van der Waals surface area contributed by atoms with Gasteiger partial charge in [0.05, 0.1) is 5.54 Å². The monoisotopic (exact) mass is 363 g/mol. The molecule has 0 heterocycles. The van der Waals surface area contributed by atoms with Crippen LogP contribution in [0.2, 0.25) is 0 Å². The lowest BCUT2D eigenvalue weighted by molar-refractivity contribution is 0.134. The lowest BCUT2D eigenvalue weighted by Crippen LogP contribution is -2.35. The van der Waals surface area contributed by atoms with Crippen molar-refractivity contribution in [3.63, 3.8) is 0 Å². The van der Waals surface area contributed by atoms with E-state index in [4.69, 9.17) is 4.74 Å². The van der Waals surface area contributed by atoms with E-state index < -0.39 is 11.6 Å². The van der Waals surface area contributed by atoms with Crippen LogP contribution in [0.5, 0.6) is 0 Å². The first-order chi connectivity index (χ1) is 10.6. The second-order valence-electron chi connectivity index (χ2n) is 5.39. The van der Waals surface area contributed by atoms with Crippen molar-refractivity contribution in [2.45, 2.75) is 25.0 Å². The Labute approximate surface area is 136 Å². The zero-order valence-corrected chi connectivity index (χ0v) is 13.4. The third-order valence-corrected chi connectivity index (χ3v) is 4.44. The first kappa shape index (κ1) is 15.0. The molecule has 1 N–H and O–H groups in total. The molecule has 0 atom stereocenters. The Hall–Kier alpha value is -1.88. The summed E-state index contributed by atoms with van der Waals surface area (Å²) >= 11 is 3.41. The third kappa shape index (κ3) is 3.30. The Bertz CT molecular complexity index is 686. The van der Waals surface area contributed by atoms with Crippen LogP contribution in [0.4, 0.5) is 9.18 Å². The molecule has 0 saturated heterocycles. The number of carbonyl (C=O) groups is 1. The Balaban J connectivity index is 1.65. The number of ether oxygens (including phenoxy) is 1. The highest BCUT2D eigenvalue weighted by Crippen LogP contribution is 2.48. The zero-order valence-electron chi connectivity index (χ0n) is 11.8. The molecule has 1 amide bonds. The summed E-state index contributed by atoms with van der Waals surface area (Å²) in [5.41, 5.74) is 1.16. The number of hydrogen-bond donors (Lipinski definition) is 1. The summed E-state index contributed by atoms with van der Waals surface area (Å²) in [4.78, 5) is 12.0. The molecular weight excluding hydrogens is 349 g/mol. The maximum atomic E-state index is 13.4. The van der Waals surface area contributed by atoms with Crippen LogP contribution < -0.4 is 5.32 Å². The quantitative estimate of drug-likeness (QED) is 0.867. The summed E-state index contributed by atoms with van der Waals surface area (Å²) in [7, 11) is 0. The number of halogens is 2. The van der Waals surface area contributed by atoms with Gasteiger partial charge in [-0.1, -0.05) is 46.3 Å². The minimum atomic E-state index is -0.519. The summed E-state index contributed by atoms with van der Waals surface area (Å²) in [5, 5.41) is 2.86. The van der Waals surface area contributed by atoms with Crippen LogP contribution in [0.1, 0.15) is 24.0 Å². The Morgan fingerprint density at radius 2 is 1.95 bits per heavy atom. The van der Waals surface area contributed by atoms with Crippen molar-refractivity contribution in [3.05, 3.63) is 69.9 Å². The molecule has 1 fully saturated rings. The third-order valence-electron chi connectivity index (χ3n) is 3.75. The molecule has 22 heavy (non-hydrogen) atoms. The summed E-state index contributed by atoms with van der Waals surface area (Å²) in [6.07, 6.45) is 1.06. The average Bonchev–Trinajstić information content (AvgIpc) is 3.29. The van der Waals surface area contributed by atoms with E-state index in [-0.39, 0.29) is 12.4 Å². The SMILES string of the molecule is O=C(NC1(c2cc(F)ccc2Br)CC1)OCc1ccccc1. The van der Waals surface area contributed by atoms with Crippen molar-refractivity contribution in [1.82, 2.24) is 5.32 Å². The smallest absolute Gasteiger partial charge is 0.408 e. The molecule has 2 aromatic rings. The minimum Gasteiger partial charge on any atom is -0.445 e. The van der Waals surface area contributed by atoms with E-state index in [9.17, 15) is 9.18 Å². The van der Waals surface area contributed by atoms with E-state index in [0.29, 0.717) is 0 Å². The van der Waals surface area contributed by atoms with Crippen LogP contribution in [-0.4, -0.2) is 6.09 Å². The number of hydrogen-bond acceptors (Lipinski definition) is 2. The fraction of sp³-hybridized carbons (Fsp3) is 0.235. The van der Waals surface area contributed by atoms with Crippen LogP contribution in [0.25, 0.3) is 0 Å². The van der Waals surface area contributed by atoms with Crippen molar-refractivity contribution >= 4 is 22.0 Å². The first-order valence-corrected chi connectivity index (χ1v) is 7.83. The molecule has 0 aliphatic heterocycles. The van der Waals surface area contributed by atoms with Gasteiger partial charge in [0, 0.05) is 4.47 Å². The van der Waals surface area contributed by atoms with Gasteiger partial charge in [0.1, 0.15) is 12.4 Å². The maximum Gasteiger partial charge on any atom is 0.408 e. The predicted octanol–water partition coefficient (Wildman–Crippen LogP) is 4.50. The van der Waals surface area contributed by atoms with Crippen LogP contribution in [0.3, 0.4) is 0 Å². The number of rotatable bonds is 4. The minimum absolute atomic E-state index is 0.215. The zero-order chi connectivity index (χ0) is 15.6. The summed E-state index contributed by atoms with van der Waals surface area (Å²) in [5.74, 6) is -0.316. The summed E-state index contributed by atoms with van der Waals surface area (Å²) in [6.45, 7) is 0.215. The molecule has 0 spiro atoms. The number of carbonyl (C=O) groups excluding carboxylic acids is 1. The number of nitrogens with one attached hydrogen (secondary N) is 1. The van der Waals surface area contributed by atoms with E-state index in [1.807, 2.05) is 30.3 Å². The van der Waals surface area contributed by atoms with Crippen LogP contribution >= 0.6 is 15.9 Å². The number of amides is 1. The fourth-order valence-corrected chi connectivity index (χ4v) is 3.03. The van der Waals surface area contributed by atoms with Gasteiger partial charge in [-0.15, -0.1) is 0 Å². The molecular formula is C17H15BrFNO2. The van der Waals surface area contributed by atoms with Gasteiger partial charge in [0.2, 0.25) is 0 Å². The highest BCUT2D eigenvalue weighted by Gasteiger charge is 2.47. The van der Waals surface area contributed by atoms with E-state index in [1.54, 1.807) is 6.07 Å². The molecule has 5 heteroatoms. The van der Waals surface area contributed by atoms with Gasteiger partial charge in [-0.05, 0) is 42.2 Å². The van der Waals surface area contributed by atoms with E-state index in [0.717, 1.165) is 28.4 Å². The largest absolute Gasteiger partial charge is 0.445 e. The molecule has 0 radical (unpaired) electrons. The van der Waals surface area contributed by atoms with Gasteiger partial charge in [-0.3, -0.25) is 0 Å². The number of alkyl carbamates (subject to hydrolysis) is 1. The van der Waals surface area contributed by atoms with Gasteiger partial charge in [-0.25, -0.2) is 9.18 Å². The molecule has 1 aliphatic carbocycles. The molecule has 114 valence electrons. The van der Waals surface area contributed by atoms with Crippen molar-refractivity contribution in [2.24, 2.45) is 0 Å². The Morgan fingerprint density at radius 3 is 2.64 bits per heavy atom. The topological polar surface area (TPSA) is 38.3 Å². The lowest BCUT2D eigenvalue weighted by Gasteiger charge is -2.19. The first-order valence-electron chi connectivity index (χ1n) is 7.03. The molecule has 1 saturated carbocycles. The molecule has 3 rings (SSSR count). The summed E-state index contributed by atoms with van der Waals surface area (Å²) in [6, 6.07) is 14.0. The Kier molecular flexibility index (Phi) is 4.16. The van der Waals surface area contributed by atoms with Crippen LogP contribution in [0.15, 0.2) is 53.0 Å². The van der Waals surface area contributed by atoms with Crippen molar-refractivity contribution in [1.29, 1.82) is 0 Å². The molecule has 3 nitrogen and oxygen atoms in total. The lowest BCUT2D eigenvalue weighted by atomic mass is 10.1. The molecule has 2 aromatic carbocycles. The van der Waals surface area contributed by atoms with E-state index >= 15 is 0 Å². The highest BCUT2D eigenvalue weighted by molar-refractivity contribution is 9.10. The van der Waals surface area contributed by atoms with E-state index in [2.05, 4.69) is 21.2 Å². The fourth-order valence-electron chi connectivity index (χ4n) is 2.41. The standard InChI is InChI=1S/C17H15BrFNO2/c18-15-7-6-13(19)10-14(15)17(8-9-17)20-16(21)22-11-12-4-2-1-3-5-12/h1-7,10H,8-9,11H2,(H,20,21). The van der Waals surface area contributed by atoms with Gasteiger partial charge in [-0.2, -0.15) is 0 Å². The van der Waals surface area contributed by atoms with Gasteiger partial charge in [0.25, 0.3) is 0 Å². The summed E-state index contributed by atoms with van der Waals surface area (Å²) < 4.78 is 19.5.